The number of carbonyl (C=O) groups excluding carboxylic acids is 1. The van der Waals surface area contributed by atoms with Crippen molar-refractivity contribution in [3.8, 4) is 11.8 Å². The Morgan fingerprint density at radius 2 is 1.83 bits per heavy atom. The maximum absolute atomic E-state index is 12.7. The van der Waals surface area contributed by atoms with E-state index < -0.39 is 6.04 Å². The van der Waals surface area contributed by atoms with Crippen molar-refractivity contribution in [2.45, 2.75) is 46.3 Å². The Morgan fingerprint density at radius 1 is 1.10 bits per heavy atom. The molecule has 2 N–H and O–H groups in total. The van der Waals surface area contributed by atoms with Crippen LogP contribution in [0, 0.1) is 11.3 Å². The summed E-state index contributed by atoms with van der Waals surface area (Å²) in [5, 5.41) is 15.6. The summed E-state index contributed by atoms with van der Waals surface area (Å²) in [4.78, 5) is 12.7. The Morgan fingerprint density at radius 3 is 2.41 bits per heavy atom. The van der Waals surface area contributed by atoms with Crippen LogP contribution in [0.2, 0.25) is 0 Å². The average molecular weight is 396 g/mol. The first kappa shape index (κ1) is 22.3. The van der Waals surface area contributed by atoms with Gasteiger partial charge in [-0.15, -0.1) is 0 Å². The number of rotatable bonds is 10. The van der Waals surface area contributed by atoms with Gasteiger partial charge in [0, 0.05) is 18.3 Å². The van der Waals surface area contributed by atoms with E-state index >= 15 is 0 Å². The van der Waals surface area contributed by atoms with Gasteiger partial charge >= 0.3 is 5.97 Å². The smallest absolute Gasteiger partial charge is 0.333 e. The minimum atomic E-state index is -0.693. The number of nitriles is 1. The van der Waals surface area contributed by atoms with Gasteiger partial charge in [0.25, 0.3) is 0 Å². The molecule has 2 aromatic rings. The predicted molar refractivity (Wildman–Crippen MR) is 114 cm³/mol. The third-order valence-electron chi connectivity index (χ3n) is 4.19. The van der Waals surface area contributed by atoms with Crippen molar-refractivity contribution in [3.05, 3.63) is 59.2 Å². The van der Waals surface area contributed by atoms with Gasteiger partial charge in [0.1, 0.15) is 5.75 Å². The topological polar surface area (TPSA) is 83.4 Å². The summed E-state index contributed by atoms with van der Waals surface area (Å²) in [5.74, 6) is 0.342. The van der Waals surface area contributed by atoms with Crippen molar-refractivity contribution in [1.82, 2.24) is 5.32 Å². The first-order chi connectivity index (χ1) is 14.0. The first-order valence-corrected chi connectivity index (χ1v) is 9.90. The fourth-order valence-electron chi connectivity index (χ4n) is 2.84. The number of anilines is 1. The second kappa shape index (κ2) is 11.1. The van der Waals surface area contributed by atoms with Crippen LogP contribution in [0.15, 0.2) is 42.5 Å². The number of nitrogens with zero attached hydrogens (tertiary/aromatic N) is 1. The highest BCUT2D eigenvalue weighted by molar-refractivity contribution is 5.81. The molecule has 154 valence electrons. The van der Waals surface area contributed by atoms with Gasteiger partial charge in [-0.25, -0.2) is 4.79 Å². The van der Waals surface area contributed by atoms with E-state index in [2.05, 4.69) is 30.6 Å². The van der Waals surface area contributed by atoms with E-state index in [4.69, 9.17) is 14.7 Å². The van der Waals surface area contributed by atoms with Crippen LogP contribution >= 0.6 is 0 Å². The number of carbonyl (C=O) groups is 1. The van der Waals surface area contributed by atoms with Crippen LogP contribution in [-0.4, -0.2) is 25.2 Å². The fourth-order valence-corrected chi connectivity index (χ4v) is 2.84. The van der Waals surface area contributed by atoms with Crippen LogP contribution in [0.5, 0.6) is 5.75 Å². The summed E-state index contributed by atoms with van der Waals surface area (Å²) in [7, 11) is 0. The van der Waals surface area contributed by atoms with Crippen molar-refractivity contribution in [1.29, 1.82) is 5.26 Å². The van der Waals surface area contributed by atoms with Crippen LogP contribution in [-0.2, 0) is 16.1 Å². The Balaban J connectivity index is 2.38. The van der Waals surface area contributed by atoms with Crippen LogP contribution in [0.1, 0.15) is 50.4 Å². The van der Waals surface area contributed by atoms with Crippen molar-refractivity contribution >= 4 is 11.7 Å². The van der Waals surface area contributed by atoms with E-state index in [-0.39, 0.29) is 12.6 Å². The lowest BCUT2D eigenvalue weighted by Gasteiger charge is -2.21. The molecule has 29 heavy (non-hydrogen) atoms. The molecule has 0 spiro atoms. The molecule has 0 saturated carbocycles. The molecule has 1 atom stereocenters. The molecule has 0 amide bonds. The quantitative estimate of drug-likeness (QED) is 0.588. The van der Waals surface area contributed by atoms with Gasteiger partial charge in [-0.05, 0) is 61.4 Å². The van der Waals surface area contributed by atoms with Crippen LogP contribution in [0.3, 0.4) is 0 Å². The molecule has 6 nitrogen and oxygen atoms in total. The zero-order chi connectivity index (χ0) is 21.2. The highest BCUT2D eigenvalue weighted by atomic mass is 16.5. The van der Waals surface area contributed by atoms with E-state index in [1.807, 2.05) is 25.1 Å². The second-order valence-electron chi connectivity index (χ2n) is 6.90. The van der Waals surface area contributed by atoms with Gasteiger partial charge in [-0.1, -0.05) is 19.9 Å². The SMILES string of the molecule is CCOC(=O)C(Nc1ccc(C#N)cc1)c1cc(CNC(C)C)cc(OCC)c1. The largest absolute Gasteiger partial charge is 0.494 e. The lowest BCUT2D eigenvalue weighted by molar-refractivity contribution is -0.144. The number of nitrogens with one attached hydrogen (secondary N) is 2. The molecule has 0 saturated heterocycles. The third kappa shape index (κ3) is 6.81. The zero-order valence-electron chi connectivity index (χ0n) is 17.5. The van der Waals surface area contributed by atoms with E-state index in [1.165, 1.54) is 0 Å². The highest BCUT2D eigenvalue weighted by Gasteiger charge is 2.23. The van der Waals surface area contributed by atoms with Gasteiger partial charge in [0.2, 0.25) is 0 Å². The van der Waals surface area contributed by atoms with E-state index in [0.717, 1.165) is 16.8 Å². The minimum Gasteiger partial charge on any atom is -0.494 e. The fraction of sp³-hybridized carbons (Fsp3) is 0.391. The average Bonchev–Trinajstić information content (AvgIpc) is 2.71. The predicted octanol–water partition coefficient (Wildman–Crippen LogP) is 4.17. The number of hydrogen-bond acceptors (Lipinski definition) is 6. The first-order valence-electron chi connectivity index (χ1n) is 9.90. The van der Waals surface area contributed by atoms with E-state index in [9.17, 15) is 4.79 Å². The zero-order valence-corrected chi connectivity index (χ0v) is 17.5. The van der Waals surface area contributed by atoms with Gasteiger partial charge < -0.3 is 20.1 Å². The Bertz CT molecular complexity index is 841. The summed E-state index contributed by atoms with van der Waals surface area (Å²) in [6, 6.07) is 14.5. The molecule has 0 aliphatic rings. The minimum absolute atomic E-state index is 0.289. The molecule has 0 aliphatic carbocycles. The monoisotopic (exact) mass is 395 g/mol. The molecule has 1 unspecified atom stereocenters. The number of ether oxygens (including phenoxy) is 2. The van der Waals surface area contributed by atoms with Crippen molar-refractivity contribution in [2.75, 3.05) is 18.5 Å². The van der Waals surface area contributed by atoms with Crippen molar-refractivity contribution < 1.29 is 14.3 Å². The summed E-state index contributed by atoms with van der Waals surface area (Å²) in [5.41, 5.74) is 3.07. The van der Waals surface area contributed by atoms with Crippen LogP contribution in [0.4, 0.5) is 5.69 Å². The van der Waals surface area contributed by atoms with Crippen LogP contribution in [0.25, 0.3) is 0 Å². The van der Waals surface area contributed by atoms with Gasteiger partial charge in [-0.3, -0.25) is 0 Å². The molecule has 2 aromatic carbocycles. The number of benzene rings is 2. The molecule has 2 rings (SSSR count). The van der Waals surface area contributed by atoms with Crippen molar-refractivity contribution in [3.63, 3.8) is 0 Å². The highest BCUT2D eigenvalue weighted by Crippen LogP contribution is 2.27. The molecular weight excluding hydrogens is 366 g/mol. The molecule has 0 aliphatic heterocycles. The normalized spacial score (nSPS) is 11.6. The lowest BCUT2D eigenvalue weighted by atomic mass is 10.0. The third-order valence-corrected chi connectivity index (χ3v) is 4.19. The molecular formula is C23H29N3O3. The van der Waals surface area contributed by atoms with Crippen molar-refractivity contribution in [2.24, 2.45) is 0 Å². The molecule has 0 bridgehead atoms. The maximum Gasteiger partial charge on any atom is 0.333 e. The number of esters is 1. The molecule has 0 fully saturated rings. The lowest BCUT2D eigenvalue weighted by Crippen LogP contribution is -2.25. The Hall–Kier alpha value is -3.04. The molecule has 0 heterocycles. The Labute approximate surface area is 172 Å². The van der Waals surface area contributed by atoms with E-state index in [1.54, 1.807) is 31.2 Å². The summed E-state index contributed by atoms with van der Waals surface area (Å²) >= 11 is 0. The van der Waals surface area contributed by atoms with Gasteiger partial charge in [-0.2, -0.15) is 5.26 Å². The van der Waals surface area contributed by atoms with Gasteiger partial charge in [0.15, 0.2) is 6.04 Å². The number of hydrogen-bond donors (Lipinski definition) is 2. The molecule has 6 heteroatoms. The van der Waals surface area contributed by atoms with E-state index in [0.29, 0.717) is 30.5 Å². The summed E-state index contributed by atoms with van der Waals surface area (Å²) in [6.45, 7) is 9.37. The molecule has 0 radical (unpaired) electrons. The Kier molecular flexibility index (Phi) is 8.50. The molecule has 0 aromatic heterocycles. The second-order valence-corrected chi connectivity index (χ2v) is 6.90. The summed E-state index contributed by atoms with van der Waals surface area (Å²) < 4.78 is 11.0. The van der Waals surface area contributed by atoms with Crippen LogP contribution < -0.4 is 15.4 Å². The maximum atomic E-state index is 12.7. The summed E-state index contributed by atoms with van der Waals surface area (Å²) in [6.07, 6.45) is 0. The standard InChI is InChI=1S/C23H29N3O3/c1-5-28-21-12-18(15-25-16(3)4)11-19(13-21)22(23(27)29-6-2)26-20-9-7-17(14-24)8-10-20/h7-13,16,22,25-26H,5-6,15H2,1-4H3. The van der Waals surface area contributed by atoms with Gasteiger partial charge in [0.05, 0.1) is 24.8 Å².